The molecule has 5 heteroatoms. The molecule has 2 aromatic rings. The molecule has 0 fully saturated rings. The fraction of sp³-hybridized carbons (Fsp3) is 0.176. The minimum absolute atomic E-state index is 0.0841. The summed E-state index contributed by atoms with van der Waals surface area (Å²) in [4.78, 5) is 22.9. The maximum atomic E-state index is 11.9. The van der Waals surface area contributed by atoms with Gasteiger partial charge >= 0.3 is 11.9 Å². The van der Waals surface area contributed by atoms with E-state index in [1.807, 2.05) is 24.3 Å². The van der Waals surface area contributed by atoms with Crippen LogP contribution < -0.4 is 4.74 Å². The van der Waals surface area contributed by atoms with Gasteiger partial charge in [-0.15, -0.1) is 0 Å². The summed E-state index contributed by atoms with van der Waals surface area (Å²) in [5.74, 6) is -0.774. The van der Waals surface area contributed by atoms with E-state index >= 15 is 0 Å². The molecule has 0 spiro atoms. The van der Waals surface area contributed by atoms with Crippen LogP contribution in [0.1, 0.15) is 37.9 Å². The molecule has 22 heavy (non-hydrogen) atoms. The maximum absolute atomic E-state index is 11.9. The normalized spacial score (nSPS) is 16.0. The lowest BCUT2D eigenvalue weighted by Crippen LogP contribution is -2.02. The number of ether oxygens (including phenoxy) is 2. The van der Waals surface area contributed by atoms with Crippen molar-refractivity contribution < 1.29 is 24.2 Å². The van der Waals surface area contributed by atoms with E-state index in [4.69, 9.17) is 14.6 Å². The van der Waals surface area contributed by atoms with Crippen LogP contribution >= 0.6 is 0 Å². The van der Waals surface area contributed by atoms with E-state index in [-0.39, 0.29) is 5.56 Å². The molecule has 0 bridgehead atoms. The fourth-order valence-corrected chi connectivity index (χ4v) is 2.53. The van der Waals surface area contributed by atoms with Crippen LogP contribution in [0.15, 0.2) is 42.5 Å². The predicted octanol–water partition coefficient (Wildman–Crippen LogP) is 2.85. The highest BCUT2D eigenvalue weighted by Gasteiger charge is 2.31. The highest BCUT2D eigenvalue weighted by molar-refractivity contribution is 5.97. The Morgan fingerprint density at radius 3 is 2.59 bits per heavy atom. The fourth-order valence-electron chi connectivity index (χ4n) is 2.53. The minimum Gasteiger partial charge on any atom is -0.497 e. The number of hydrogen-bond acceptors (Lipinski definition) is 4. The number of fused-ring (bicyclic) bond motifs is 1. The van der Waals surface area contributed by atoms with Crippen LogP contribution in [-0.4, -0.2) is 24.2 Å². The molecule has 0 aliphatic carbocycles. The van der Waals surface area contributed by atoms with Gasteiger partial charge in [0.05, 0.1) is 18.2 Å². The first-order chi connectivity index (χ1) is 10.6. The number of methoxy groups -OCH3 is 1. The second kappa shape index (κ2) is 5.52. The summed E-state index contributed by atoms with van der Waals surface area (Å²) >= 11 is 0. The number of esters is 1. The summed E-state index contributed by atoms with van der Waals surface area (Å²) in [6, 6.07) is 12.0. The Kier molecular flexibility index (Phi) is 3.55. The first kappa shape index (κ1) is 14.1. The molecule has 5 nitrogen and oxygen atoms in total. The Balaban J connectivity index is 1.86. The van der Waals surface area contributed by atoms with Gasteiger partial charge in [0.2, 0.25) is 0 Å². The first-order valence-corrected chi connectivity index (χ1v) is 6.79. The number of carbonyl (C=O) groups is 2. The molecular formula is C17H14O5. The zero-order valence-corrected chi connectivity index (χ0v) is 11.9. The standard InChI is InChI=1S/C17H14O5/c1-21-12-5-2-10(3-6-12)8-15-13-7-4-11(16(18)19)9-14(13)17(20)22-15/h2-7,9,15H,8H2,1H3,(H,18,19)/t15-/m1/s1. The van der Waals surface area contributed by atoms with Gasteiger partial charge in [0.25, 0.3) is 0 Å². The van der Waals surface area contributed by atoms with Gasteiger partial charge in [-0.3, -0.25) is 0 Å². The van der Waals surface area contributed by atoms with Gasteiger partial charge in [-0.1, -0.05) is 18.2 Å². The maximum Gasteiger partial charge on any atom is 0.339 e. The number of aromatic carboxylic acids is 1. The average molecular weight is 298 g/mol. The highest BCUT2D eigenvalue weighted by atomic mass is 16.5. The second-order valence-electron chi connectivity index (χ2n) is 5.05. The number of rotatable bonds is 4. The van der Waals surface area contributed by atoms with Gasteiger partial charge < -0.3 is 14.6 Å². The number of benzene rings is 2. The zero-order valence-electron chi connectivity index (χ0n) is 11.9. The van der Waals surface area contributed by atoms with Crippen molar-refractivity contribution in [1.82, 2.24) is 0 Å². The predicted molar refractivity (Wildman–Crippen MR) is 78.3 cm³/mol. The van der Waals surface area contributed by atoms with Crippen LogP contribution in [0.5, 0.6) is 5.75 Å². The van der Waals surface area contributed by atoms with E-state index in [1.54, 1.807) is 13.2 Å². The molecule has 1 aliphatic rings. The first-order valence-electron chi connectivity index (χ1n) is 6.79. The summed E-state index contributed by atoms with van der Waals surface area (Å²) in [6.07, 6.45) is 0.147. The van der Waals surface area contributed by atoms with Crippen LogP contribution in [0.3, 0.4) is 0 Å². The van der Waals surface area contributed by atoms with Crippen molar-refractivity contribution in [2.24, 2.45) is 0 Å². The van der Waals surface area contributed by atoms with Gasteiger partial charge in [-0.05, 0) is 29.8 Å². The van der Waals surface area contributed by atoms with E-state index in [9.17, 15) is 9.59 Å². The number of carboxylic acids is 1. The molecule has 0 amide bonds. The van der Waals surface area contributed by atoms with E-state index in [1.165, 1.54) is 12.1 Å². The minimum atomic E-state index is -1.06. The highest BCUT2D eigenvalue weighted by Crippen LogP contribution is 2.34. The van der Waals surface area contributed by atoms with Gasteiger partial charge in [0.15, 0.2) is 0 Å². The Hall–Kier alpha value is -2.82. The summed E-state index contributed by atoms with van der Waals surface area (Å²) in [5.41, 5.74) is 2.15. The van der Waals surface area contributed by atoms with Crippen LogP contribution in [-0.2, 0) is 11.2 Å². The third-order valence-corrected chi connectivity index (χ3v) is 3.70. The summed E-state index contributed by atoms with van der Waals surface area (Å²) in [5, 5.41) is 8.99. The monoisotopic (exact) mass is 298 g/mol. The summed E-state index contributed by atoms with van der Waals surface area (Å²) in [6.45, 7) is 0. The van der Waals surface area contributed by atoms with Gasteiger partial charge in [0.1, 0.15) is 11.9 Å². The van der Waals surface area contributed by atoms with Crippen molar-refractivity contribution >= 4 is 11.9 Å². The topological polar surface area (TPSA) is 72.8 Å². The molecule has 0 saturated carbocycles. The van der Waals surface area contributed by atoms with Crippen molar-refractivity contribution in [3.63, 3.8) is 0 Å². The lowest BCUT2D eigenvalue weighted by Gasteiger charge is -2.11. The van der Waals surface area contributed by atoms with Gasteiger partial charge in [0, 0.05) is 12.0 Å². The number of cyclic esters (lactones) is 1. The van der Waals surface area contributed by atoms with Crippen molar-refractivity contribution in [3.8, 4) is 5.75 Å². The van der Waals surface area contributed by atoms with Crippen LogP contribution in [0.25, 0.3) is 0 Å². The lowest BCUT2D eigenvalue weighted by molar-refractivity contribution is 0.0387. The number of carboxylic acid groups (broad SMARTS) is 1. The van der Waals surface area contributed by atoms with Crippen LogP contribution in [0, 0.1) is 0 Å². The molecule has 0 unspecified atom stereocenters. The number of hydrogen-bond donors (Lipinski definition) is 1. The van der Waals surface area contributed by atoms with E-state index < -0.39 is 18.0 Å². The number of carbonyl (C=O) groups excluding carboxylic acids is 1. The molecular weight excluding hydrogens is 284 g/mol. The molecule has 3 rings (SSSR count). The van der Waals surface area contributed by atoms with Gasteiger partial charge in [-0.2, -0.15) is 0 Å². The summed E-state index contributed by atoms with van der Waals surface area (Å²) < 4.78 is 10.5. The van der Waals surface area contributed by atoms with Crippen molar-refractivity contribution in [3.05, 3.63) is 64.7 Å². The lowest BCUT2D eigenvalue weighted by atomic mass is 9.97. The smallest absolute Gasteiger partial charge is 0.339 e. The van der Waals surface area contributed by atoms with Crippen LogP contribution in [0.2, 0.25) is 0 Å². The molecule has 112 valence electrons. The second-order valence-corrected chi connectivity index (χ2v) is 5.05. The molecule has 1 N–H and O–H groups in total. The average Bonchev–Trinajstić information content (AvgIpc) is 2.84. The van der Waals surface area contributed by atoms with E-state index in [0.29, 0.717) is 12.0 Å². The third kappa shape index (κ3) is 2.53. The van der Waals surface area contributed by atoms with E-state index in [0.717, 1.165) is 16.9 Å². The Morgan fingerprint density at radius 2 is 1.95 bits per heavy atom. The third-order valence-electron chi connectivity index (χ3n) is 3.70. The molecule has 0 radical (unpaired) electrons. The van der Waals surface area contributed by atoms with Crippen molar-refractivity contribution in [1.29, 1.82) is 0 Å². The summed E-state index contributed by atoms with van der Waals surface area (Å²) in [7, 11) is 1.60. The molecule has 1 aliphatic heterocycles. The van der Waals surface area contributed by atoms with E-state index in [2.05, 4.69) is 0 Å². The SMILES string of the molecule is COc1ccc(C[C@H]2OC(=O)c3cc(C(=O)O)ccc32)cc1. The molecule has 1 atom stereocenters. The Morgan fingerprint density at radius 1 is 1.23 bits per heavy atom. The largest absolute Gasteiger partial charge is 0.497 e. The zero-order chi connectivity index (χ0) is 15.7. The molecule has 0 saturated heterocycles. The van der Waals surface area contributed by atoms with Crippen molar-refractivity contribution in [2.75, 3.05) is 7.11 Å². The van der Waals surface area contributed by atoms with Crippen LogP contribution in [0.4, 0.5) is 0 Å². The quantitative estimate of drug-likeness (QED) is 0.879. The Labute approximate surface area is 127 Å². The van der Waals surface area contributed by atoms with Gasteiger partial charge in [-0.25, -0.2) is 9.59 Å². The molecule has 2 aromatic carbocycles. The molecule has 1 heterocycles. The molecule has 0 aromatic heterocycles. The Bertz CT molecular complexity index is 733. The van der Waals surface area contributed by atoms with Crippen molar-refractivity contribution in [2.45, 2.75) is 12.5 Å².